The molecule has 0 aliphatic rings. The van der Waals surface area contributed by atoms with E-state index in [0.29, 0.717) is 12.1 Å². The SMILES string of the molecule is N#Cc1ccc2c(ccn2Cc2noc(-c3cc(F)cc(C(F)(F)F)c3)n2)c1C(F)(F)F. The van der Waals surface area contributed by atoms with Gasteiger partial charge in [0, 0.05) is 22.7 Å². The average Bonchev–Trinajstić information content (AvgIpc) is 3.33. The van der Waals surface area contributed by atoms with E-state index in [9.17, 15) is 30.7 Å². The van der Waals surface area contributed by atoms with Crippen LogP contribution >= 0.6 is 0 Å². The molecule has 0 bridgehead atoms. The van der Waals surface area contributed by atoms with Crippen molar-refractivity contribution < 1.29 is 35.3 Å². The first-order valence-electron chi connectivity index (χ1n) is 8.77. The number of benzene rings is 2. The van der Waals surface area contributed by atoms with Crippen molar-refractivity contribution >= 4 is 10.9 Å². The Morgan fingerprint density at radius 3 is 2.41 bits per heavy atom. The van der Waals surface area contributed by atoms with Crippen LogP contribution < -0.4 is 0 Å². The first-order valence-corrected chi connectivity index (χ1v) is 8.77. The summed E-state index contributed by atoms with van der Waals surface area (Å²) in [5, 5.41) is 12.4. The van der Waals surface area contributed by atoms with E-state index in [1.54, 1.807) is 0 Å². The number of rotatable bonds is 3. The van der Waals surface area contributed by atoms with Crippen molar-refractivity contribution in [3.8, 4) is 17.5 Å². The average molecular weight is 454 g/mol. The molecule has 12 heteroatoms. The summed E-state index contributed by atoms with van der Waals surface area (Å²) < 4.78 is 98.9. The molecule has 0 amide bonds. The number of nitrogens with zero attached hydrogens (tertiary/aromatic N) is 4. The largest absolute Gasteiger partial charge is 0.418 e. The van der Waals surface area contributed by atoms with E-state index in [2.05, 4.69) is 10.1 Å². The van der Waals surface area contributed by atoms with E-state index < -0.39 is 34.9 Å². The highest BCUT2D eigenvalue weighted by Gasteiger charge is 2.36. The molecule has 164 valence electrons. The lowest BCUT2D eigenvalue weighted by atomic mass is 10.0. The lowest BCUT2D eigenvalue weighted by molar-refractivity contribution is -0.138. The van der Waals surface area contributed by atoms with E-state index >= 15 is 0 Å². The van der Waals surface area contributed by atoms with E-state index in [0.717, 1.165) is 12.1 Å². The van der Waals surface area contributed by atoms with Gasteiger partial charge in [-0.05, 0) is 36.4 Å². The first kappa shape index (κ1) is 21.4. The zero-order chi connectivity index (χ0) is 23.3. The van der Waals surface area contributed by atoms with Gasteiger partial charge in [-0.1, -0.05) is 5.16 Å². The Hall–Kier alpha value is -3.88. The Labute approximate surface area is 174 Å². The Morgan fingerprint density at radius 2 is 1.75 bits per heavy atom. The lowest BCUT2D eigenvalue weighted by Crippen LogP contribution is -2.09. The molecule has 4 rings (SSSR count). The molecule has 0 aliphatic carbocycles. The van der Waals surface area contributed by atoms with E-state index in [4.69, 9.17) is 9.78 Å². The van der Waals surface area contributed by atoms with Crippen LogP contribution in [0.15, 0.2) is 47.1 Å². The maximum absolute atomic E-state index is 13.6. The molecule has 0 spiro atoms. The summed E-state index contributed by atoms with van der Waals surface area (Å²) in [6.07, 6.45) is -8.23. The quantitative estimate of drug-likeness (QED) is 0.368. The van der Waals surface area contributed by atoms with Gasteiger partial charge in [0.15, 0.2) is 5.82 Å². The van der Waals surface area contributed by atoms with Crippen LogP contribution in [-0.2, 0) is 18.9 Å². The van der Waals surface area contributed by atoms with Crippen LogP contribution in [0.4, 0.5) is 30.7 Å². The third-order valence-corrected chi connectivity index (χ3v) is 4.61. The summed E-state index contributed by atoms with van der Waals surface area (Å²) >= 11 is 0. The smallest absolute Gasteiger partial charge is 0.340 e. The van der Waals surface area contributed by atoms with E-state index in [1.807, 2.05) is 0 Å². The van der Waals surface area contributed by atoms with Crippen molar-refractivity contribution in [1.29, 1.82) is 5.26 Å². The lowest BCUT2D eigenvalue weighted by Gasteiger charge is -2.11. The minimum atomic E-state index is -4.79. The van der Waals surface area contributed by atoms with Gasteiger partial charge < -0.3 is 9.09 Å². The van der Waals surface area contributed by atoms with E-state index in [-0.39, 0.29) is 34.7 Å². The number of fused-ring (bicyclic) bond motifs is 1. The third-order valence-electron chi connectivity index (χ3n) is 4.61. The second-order valence-corrected chi connectivity index (χ2v) is 6.72. The van der Waals surface area contributed by atoms with Crippen molar-refractivity contribution in [2.45, 2.75) is 18.9 Å². The van der Waals surface area contributed by atoms with Crippen LogP contribution in [0.5, 0.6) is 0 Å². The molecule has 0 saturated carbocycles. The van der Waals surface area contributed by atoms with Gasteiger partial charge in [0.05, 0.1) is 29.3 Å². The highest BCUT2D eigenvalue weighted by molar-refractivity contribution is 5.86. The zero-order valence-corrected chi connectivity index (χ0v) is 15.6. The molecular weight excluding hydrogens is 445 g/mol. The van der Waals surface area contributed by atoms with Crippen LogP contribution in [0.25, 0.3) is 22.4 Å². The fraction of sp³-hybridized carbons (Fsp3) is 0.150. The van der Waals surface area contributed by atoms with Crippen molar-refractivity contribution in [2.24, 2.45) is 0 Å². The number of hydrogen-bond donors (Lipinski definition) is 0. The van der Waals surface area contributed by atoms with Gasteiger partial charge in [-0.15, -0.1) is 0 Å². The van der Waals surface area contributed by atoms with Crippen LogP contribution in [0.2, 0.25) is 0 Å². The van der Waals surface area contributed by atoms with Crippen molar-refractivity contribution in [3.63, 3.8) is 0 Å². The molecule has 0 N–H and O–H groups in total. The topological polar surface area (TPSA) is 67.6 Å². The molecule has 0 saturated heterocycles. The van der Waals surface area contributed by atoms with Crippen LogP contribution in [0.3, 0.4) is 0 Å². The molecule has 0 fully saturated rings. The number of halogens is 7. The molecule has 5 nitrogen and oxygen atoms in total. The summed E-state index contributed by atoms with van der Waals surface area (Å²) in [6, 6.07) is 6.81. The fourth-order valence-electron chi connectivity index (χ4n) is 3.27. The number of nitriles is 1. The molecule has 0 radical (unpaired) electrons. The molecule has 4 aromatic rings. The fourth-order valence-corrected chi connectivity index (χ4v) is 3.27. The maximum Gasteiger partial charge on any atom is 0.418 e. The van der Waals surface area contributed by atoms with Crippen molar-refractivity contribution in [2.75, 3.05) is 0 Å². The summed E-state index contributed by atoms with van der Waals surface area (Å²) in [5.74, 6) is -1.60. The monoisotopic (exact) mass is 454 g/mol. The minimum absolute atomic E-state index is 0.0618. The van der Waals surface area contributed by atoms with Gasteiger partial charge in [-0.25, -0.2) is 4.39 Å². The zero-order valence-electron chi connectivity index (χ0n) is 15.6. The summed E-state index contributed by atoms with van der Waals surface area (Å²) in [4.78, 5) is 3.92. The number of aromatic nitrogens is 3. The van der Waals surface area contributed by atoms with Crippen molar-refractivity contribution in [3.05, 3.63) is 70.9 Å². The molecule has 2 heterocycles. The standard InChI is InChI=1S/C20H9F7N4O/c21-13-6-11(5-12(7-13)19(22,23)24)18-29-16(30-32-18)9-31-4-3-14-15(31)2-1-10(8-28)17(14)20(25,26)27/h1-7H,9H2. The van der Waals surface area contributed by atoms with Gasteiger partial charge in [0.25, 0.3) is 5.89 Å². The second kappa shape index (κ2) is 7.37. The highest BCUT2D eigenvalue weighted by Crippen LogP contribution is 2.38. The highest BCUT2D eigenvalue weighted by atomic mass is 19.4. The second-order valence-electron chi connectivity index (χ2n) is 6.72. The normalized spacial score (nSPS) is 12.3. The van der Waals surface area contributed by atoms with Crippen LogP contribution in [-0.4, -0.2) is 14.7 Å². The minimum Gasteiger partial charge on any atom is -0.340 e. The summed E-state index contributed by atoms with van der Waals surface area (Å²) in [6.45, 7) is -0.183. The third kappa shape index (κ3) is 3.89. The Balaban J connectivity index is 1.70. The first-order chi connectivity index (χ1) is 15.0. The van der Waals surface area contributed by atoms with Crippen molar-refractivity contribution in [1.82, 2.24) is 14.7 Å². The molecule has 0 atom stereocenters. The number of alkyl halides is 6. The molecule has 0 unspecified atom stereocenters. The summed E-state index contributed by atoms with van der Waals surface area (Å²) in [5.41, 5.74) is -3.02. The van der Waals surface area contributed by atoms with E-state index in [1.165, 1.54) is 29.0 Å². The van der Waals surface area contributed by atoms with Gasteiger partial charge in [-0.2, -0.15) is 36.6 Å². The van der Waals surface area contributed by atoms with Gasteiger partial charge in [0.1, 0.15) is 5.82 Å². The predicted octanol–water partition coefficient (Wildman–Crippen LogP) is 5.79. The molecule has 0 aliphatic heterocycles. The van der Waals surface area contributed by atoms with Crippen LogP contribution in [0, 0.1) is 17.1 Å². The van der Waals surface area contributed by atoms with Gasteiger partial charge in [-0.3, -0.25) is 0 Å². The molecule has 2 aromatic heterocycles. The molecule has 2 aromatic carbocycles. The van der Waals surface area contributed by atoms with Crippen LogP contribution in [0.1, 0.15) is 22.5 Å². The summed E-state index contributed by atoms with van der Waals surface area (Å²) in [7, 11) is 0. The molecular formula is C20H9F7N4O. The Kier molecular flexibility index (Phi) is 4.92. The Bertz CT molecular complexity index is 1360. The predicted molar refractivity (Wildman–Crippen MR) is 95.5 cm³/mol. The van der Waals surface area contributed by atoms with Gasteiger partial charge >= 0.3 is 12.4 Å². The Morgan fingerprint density at radius 1 is 1.00 bits per heavy atom. The van der Waals surface area contributed by atoms with Gasteiger partial charge in [0.2, 0.25) is 0 Å². The maximum atomic E-state index is 13.6. The molecule has 32 heavy (non-hydrogen) atoms. The number of hydrogen-bond acceptors (Lipinski definition) is 4.